The van der Waals surface area contributed by atoms with E-state index in [-0.39, 0.29) is 12.5 Å². The van der Waals surface area contributed by atoms with Crippen LogP contribution in [0.4, 0.5) is 5.69 Å². The number of para-hydroxylation sites is 1. The molecule has 0 aliphatic carbocycles. The molecule has 10 heteroatoms. The van der Waals surface area contributed by atoms with Crippen molar-refractivity contribution in [3.05, 3.63) is 63.6 Å². The zero-order valence-electron chi connectivity index (χ0n) is 19.3. The topological polar surface area (TPSA) is 86.8 Å². The number of halogens is 2. The number of nitrogens with zero attached hydrogens (tertiary/aromatic N) is 2. The van der Waals surface area contributed by atoms with Crippen molar-refractivity contribution in [2.75, 3.05) is 17.1 Å². The molecule has 7 nitrogen and oxygen atoms in total. The first-order chi connectivity index (χ1) is 15.2. The molecule has 0 spiro atoms. The van der Waals surface area contributed by atoms with E-state index in [9.17, 15) is 18.0 Å². The van der Waals surface area contributed by atoms with E-state index in [0.29, 0.717) is 20.7 Å². The number of hydrogen-bond donors (Lipinski definition) is 1. The van der Waals surface area contributed by atoms with Crippen LogP contribution in [-0.4, -0.2) is 49.5 Å². The zero-order valence-corrected chi connectivity index (χ0v) is 22.5. The van der Waals surface area contributed by atoms with E-state index in [1.54, 1.807) is 55.5 Å². The number of carbonyl (C=O) groups is 2. The Labute approximate surface area is 209 Å². The van der Waals surface area contributed by atoms with Gasteiger partial charge in [0.2, 0.25) is 21.8 Å². The maximum atomic E-state index is 13.5. The summed E-state index contributed by atoms with van der Waals surface area (Å²) in [4.78, 5) is 27.7. The first-order valence-corrected chi connectivity index (χ1v) is 13.3. The summed E-state index contributed by atoms with van der Waals surface area (Å²) in [5.74, 6) is -0.887. The van der Waals surface area contributed by atoms with Crippen molar-refractivity contribution in [1.82, 2.24) is 10.2 Å². The lowest BCUT2D eigenvalue weighted by atomic mass is 10.1. The number of nitrogens with one attached hydrogen (secondary N) is 1. The van der Waals surface area contributed by atoms with Crippen LogP contribution in [0.5, 0.6) is 0 Å². The number of carbonyl (C=O) groups excluding carboxylic acids is 2. The molecule has 1 atom stereocenters. The molecule has 0 bridgehead atoms. The number of amides is 2. The normalized spacial score (nSPS) is 12.7. The lowest BCUT2D eigenvalue weighted by Crippen LogP contribution is -2.54. The van der Waals surface area contributed by atoms with Crippen LogP contribution in [0.2, 0.25) is 5.02 Å². The molecular weight excluding hydrogens is 530 g/mol. The van der Waals surface area contributed by atoms with E-state index in [2.05, 4.69) is 21.2 Å². The fourth-order valence-electron chi connectivity index (χ4n) is 3.12. The Morgan fingerprint density at radius 1 is 1.09 bits per heavy atom. The first-order valence-electron chi connectivity index (χ1n) is 10.3. The maximum absolute atomic E-state index is 13.5. The summed E-state index contributed by atoms with van der Waals surface area (Å²) in [5.41, 5.74) is 0.477. The van der Waals surface area contributed by atoms with Crippen molar-refractivity contribution in [3.63, 3.8) is 0 Å². The van der Waals surface area contributed by atoms with Gasteiger partial charge in [0, 0.05) is 21.6 Å². The quantitative estimate of drug-likeness (QED) is 0.526. The molecule has 2 aromatic rings. The largest absolute Gasteiger partial charge is 0.350 e. The van der Waals surface area contributed by atoms with E-state index in [1.165, 1.54) is 4.90 Å². The molecule has 0 heterocycles. The predicted octanol–water partition coefficient (Wildman–Crippen LogP) is 4.20. The van der Waals surface area contributed by atoms with Gasteiger partial charge in [-0.1, -0.05) is 41.9 Å². The predicted molar refractivity (Wildman–Crippen MR) is 136 cm³/mol. The van der Waals surface area contributed by atoms with Crippen LogP contribution in [-0.2, 0) is 26.2 Å². The molecule has 180 valence electrons. The molecule has 33 heavy (non-hydrogen) atoms. The molecule has 0 radical (unpaired) electrons. The van der Waals surface area contributed by atoms with E-state index in [0.717, 1.165) is 10.6 Å². The highest BCUT2D eigenvalue weighted by molar-refractivity contribution is 9.10. The van der Waals surface area contributed by atoms with Gasteiger partial charge in [-0.05, 0) is 67.4 Å². The van der Waals surface area contributed by atoms with E-state index in [1.807, 2.05) is 20.8 Å². The molecule has 0 aliphatic heterocycles. The van der Waals surface area contributed by atoms with Crippen LogP contribution < -0.4 is 9.62 Å². The SMILES string of the molecule is CC(C(=O)NC(C)(C)C)N(Cc1ccccc1Cl)C(=O)CN(c1ccccc1Br)S(C)(=O)=O. The minimum atomic E-state index is -3.80. The van der Waals surface area contributed by atoms with Gasteiger partial charge in [-0.25, -0.2) is 8.42 Å². The van der Waals surface area contributed by atoms with Gasteiger partial charge in [-0.15, -0.1) is 0 Å². The second kappa shape index (κ2) is 10.9. The standard InChI is InChI=1S/C23H29BrClN3O4S/c1-16(22(30)26-23(2,3)4)27(14-17-10-6-8-12-19(17)25)21(29)15-28(33(5,31)32)20-13-9-7-11-18(20)24/h6-13,16H,14-15H2,1-5H3,(H,26,30). The summed E-state index contributed by atoms with van der Waals surface area (Å²) < 4.78 is 26.7. The third-order valence-corrected chi connectivity index (χ3v) is 6.93. The van der Waals surface area contributed by atoms with Crippen LogP contribution >= 0.6 is 27.5 Å². The lowest BCUT2D eigenvalue weighted by Gasteiger charge is -2.33. The summed E-state index contributed by atoms with van der Waals surface area (Å²) in [6.07, 6.45) is 1.04. The molecular formula is C23H29BrClN3O4S. The van der Waals surface area contributed by atoms with E-state index >= 15 is 0 Å². The molecule has 2 rings (SSSR count). The molecule has 0 aromatic heterocycles. The van der Waals surface area contributed by atoms with Gasteiger partial charge in [-0.2, -0.15) is 0 Å². The van der Waals surface area contributed by atoms with Crippen molar-refractivity contribution in [2.24, 2.45) is 0 Å². The Morgan fingerprint density at radius 2 is 1.67 bits per heavy atom. The minimum absolute atomic E-state index is 0.0464. The average molecular weight is 559 g/mol. The summed E-state index contributed by atoms with van der Waals surface area (Å²) in [5, 5.41) is 3.32. The van der Waals surface area contributed by atoms with Crippen LogP contribution in [0.15, 0.2) is 53.0 Å². The Bertz CT molecular complexity index is 1120. The van der Waals surface area contributed by atoms with Gasteiger partial charge in [0.05, 0.1) is 11.9 Å². The van der Waals surface area contributed by atoms with E-state index < -0.39 is 34.1 Å². The highest BCUT2D eigenvalue weighted by atomic mass is 79.9. The Kier molecular flexibility index (Phi) is 8.95. The molecule has 0 fully saturated rings. The van der Waals surface area contributed by atoms with Gasteiger partial charge in [0.15, 0.2) is 0 Å². The highest BCUT2D eigenvalue weighted by Gasteiger charge is 2.32. The average Bonchev–Trinajstić information content (AvgIpc) is 2.69. The smallest absolute Gasteiger partial charge is 0.244 e. The van der Waals surface area contributed by atoms with Crippen molar-refractivity contribution in [2.45, 2.75) is 45.8 Å². The first kappa shape index (κ1) is 27.1. The number of rotatable bonds is 8. The Balaban J connectivity index is 2.43. The summed E-state index contributed by atoms with van der Waals surface area (Å²) in [7, 11) is -3.80. The molecule has 1 N–H and O–H groups in total. The second-order valence-corrected chi connectivity index (χ2v) is 11.9. The van der Waals surface area contributed by atoms with Gasteiger partial charge >= 0.3 is 0 Å². The number of anilines is 1. The monoisotopic (exact) mass is 557 g/mol. The number of hydrogen-bond acceptors (Lipinski definition) is 4. The Morgan fingerprint density at radius 3 is 2.21 bits per heavy atom. The molecule has 0 aliphatic rings. The number of sulfonamides is 1. The van der Waals surface area contributed by atoms with Crippen LogP contribution in [0.25, 0.3) is 0 Å². The molecule has 0 saturated carbocycles. The van der Waals surface area contributed by atoms with Crippen LogP contribution in [0.3, 0.4) is 0 Å². The zero-order chi connectivity index (χ0) is 25.0. The molecule has 0 saturated heterocycles. The lowest BCUT2D eigenvalue weighted by molar-refractivity contribution is -0.140. The van der Waals surface area contributed by atoms with Crippen molar-refractivity contribution < 1.29 is 18.0 Å². The van der Waals surface area contributed by atoms with Crippen molar-refractivity contribution in [3.8, 4) is 0 Å². The Hall–Kier alpha value is -2.10. The molecule has 1 unspecified atom stereocenters. The van der Waals surface area contributed by atoms with Crippen molar-refractivity contribution >= 4 is 55.1 Å². The third-order valence-electron chi connectivity index (χ3n) is 4.76. The van der Waals surface area contributed by atoms with Crippen LogP contribution in [0.1, 0.15) is 33.3 Å². The van der Waals surface area contributed by atoms with Gasteiger partial charge in [0.1, 0.15) is 12.6 Å². The van der Waals surface area contributed by atoms with E-state index in [4.69, 9.17) is 11.6 Å². The number of benzene rings is 2. The van der Waals surface area contributed by atoms with Crippen molar-refractivity contribution in [1.29, 1.82) is 0 Å². The van der Waals surface area contributed by atoms with Gasteiger partial charge in [0.25, 0.3) is 0 Å². The highest BCUT2D eigenvalue weighted by Crippen LogP contribution is 2.28. The second-order valence-electron chi connectivity index (χ2n) is 8.75. The molecule has 2 amide bonds. The summed E-state index contributed by atoms with van der Waals surface area (Å²) in [6, 6.07) is 12.9. The maximum Gasteiger partial charge on any atom is 0.244 e. The fourth-order valence-corrected chi connectivity index (χ4v) is 4.79. The minimum Gasteiger partial charge on any atom is -0.350 e. The van der Waals surface area contributed by atoms with Crippen LogP contribution in [0, 0.1) is 0 Å². The van der Waals surface area contributed by atoms with Gasteiger partial charge in [-0.3, -0.25) is 13.9 Å². The third kappa shape index (κ3) is 7.72. The summed E-state index contributed by atoms with van der Waals surface area (Å²) >= 11 is 9.66. The summed E-state index contributed by atoms with van der Waals surface area (Å²) in [6.45, 7) is 6.71. The van der Waals surface area contributed by atoms with Gasteiger partial charge < -0.3 is 10.2 Å². The molecule has 2 aromatic carbocycles. The fraction of sp³-hybridized carbons (Fsp3) is 0.391.